The highest BCUT2D eigenvalue weighted by atomic mass is 16.2. The Morgan fingerprint density at radius 1 is 0.900 bits per heavy atom. The fourth-order valence-corrected chi connectivity index (χ4v) is 4.88. The molecule has 1 aliphatic carbocycles. The van der Waals surface area contributed by atoms with Crippen LogP contribution in [-0.2, 0) is 11.2 Å². The lowest BCUT2D eigenvalue weighted by molar-refractivity contribution is -0.116. The summed E-state index contributed by atoms with van der Waals surface area (Å²) in [6.07, 6.45) is 8.18. The number of fused-ring (bicyclic) bond motifs is 1. The van der Waals surface area contributed by atoms with E-state index in [2.05, 4.69) is 10.6 Å². The van der Waals surface area contributed by atoms with Crippen LogP contribution in [0, 0.1) is 0 Å². The monoisotopic (exact) mass is 412 g/mol. The van der Waals surface area contributed by atoms with Crippen molar-refractivity contribution in [1.29, 1.82) is 0 Å². The molecule has 0 unspecified atom stereocenters. The first-order valence-corrected chi connectivity index (χ1v) is 11.3. The standard InChI is InChI=1S/C23H32N4O3/c1-16(28)27-14-9-17-15-18(7-8-21(17)27)22(29)24-20-10-12-26(13-11-20)23(30)25-19-5-3-2-4-6-19/h7-8,15,19-20H,2-6,9-14H2,1H3,(H,24,29)(H,25,30). The summed E-state index contributed by atoms with van der Waals surface area (Å²) < 4.78 is 0. The van der Waals surface area contributed by atoms with Gasteiger partial charge in [-0.2, -0.15) is 0 Å². The van der Waals surface area contributed by atoms with Crippen LogP contribution in [0.5, 0.6) is 0 Å². The second kappa shape index (κ2) is 9.06. The highest BCUT2D eigenvalue weighted by Crippen LogP contribution is 2.29. The normalized spacial score (nSPS) is 20.0. The molecule has 4 rings (SSSR count). The number of carbonyl (C=O) groups excluding carboxylic acids is 3. The number of anilines is 1. The molecule has 0 spiro atoms. The average Bonchev–Trinajstić information content (AvgIpc) is 3.18. The summed E-state index contributed by atoms with van der Waals surface area (Å²) in [5, 5.41) is 6.30. The van der Waals surface area contributed by atoms with Crippen LogP contribution in [0.2, 0.25) is 0 Å². The molecule has 1 aromatic carbocycles. The third-order valence-corrected chi connectivity index (χ3v) is 6.67. The Morgan fingerprint density at radius 3 is 2.30 bits per heavy atom. The average molecular weight is 413 g/mol. The summed E-state index contributed by atoms with van der Waals surface area (Å²) in [7, 11) is 0. The summed E-state index contributed by atoms with van der Waals surface area (Å²) in [6.45, 7) is 3.58. The third kappa shape index (κ3) is 4.60. The van der Waals surface area contributed by atoms with E-state index >= 15 is 0 Å². The number of amides is 4. The molecular weight excluding hydrogens is 380 g/mol. The molecule has 1 aromatic rings. The highest BCUT2D eigenvalue weighted by Gasteiger charge is 2.27. The van der Waals surface area contributed by atoms with Gasteiger partial charge >= 0.3 is 6.03 Å². The van der Waals surface area contributed by atoms with Gasteiger partial charge in [-0.25, -0.2) is 4.79 Å². The Kier molecular flexibility index (Phi) is 6.25. The molecule has 162 valence electrons. The molecule has 1 saturated heterocycles. The maximum Gasteiger partial charge on any atom is 0.317 e. The first-order valence-electron chi connectivity index (χ1n) is 11.3. The Morgan fingerprint density at radius 2 is 1.60 bits per heavy atom. The molecule has 0 atom stereocenters. The SMILES string of the molecule is CC(=O)N1CCc2cc(C(=O)NC3CCN(C(=O)NC4CCCCC4)CC3)ccc21. The summed E-state index contributed by atoms with van der Waals surface area (Å²) in [5.74, 6) is -0.0468. The van der Waals surface area contributed by atoms with Crippen molar-refractivity contribution in [3.8, 4) is 0 Å². The van der Waals surface area contributed by atoms with Crippen molar-refractivity contribution in [2.75, 3.05) is 24.5 Å². The van der Waals surface area contributed by atoms with Gasteiger partial charge in [-0.3, -0.25) is 9.59 Å². The summed E-state index contributed by atoms with van der Waals surface area (Å²) >= 11 is 0. The number of hydrogen-bond donors (Lipinski definition) is 2. The molecule has 7 heteroatoms. The number of rotatable bonds is 3. The predicted octanol–water partition coefficient (Wildman–Crippen LogP) is 2.83. The predicted molar refractivity (Wildman–Crippen MR) is 116 cm³/mol. The van der Waals surface area contributed by atoms with Crippen LogP contribution in [0.15, 0.2) is 18.2 Å². The smallest absolute Gasteiger partial charge is 0.317 e. The Bertz CT molecular complexity index is 811. The summed E-state index contributed by atoms with van der Waals surface area (Å²) in [5.41, 5.74) is 2.60. The number of urea groups is 1. The molecular formula is C23H32N4O3. The number of benzene rings is 1. The largest absolute Gasteiger partial charge is 0.349 e. The van der Waals surface area contributed by atoms with Crippen LogP contribution in [0.25, 0.3) is 0 Å². The first-order chi connectivity index (χ1) is 14.5. The Labute approximate surface area is 178 Å². The lowest BCUT2D eigenvalue weighted by Gasteiger charge is -2.34. The zero-order valence-electron chi connectivity index (χ0n) is 17.8. The minimum Gasteiger partial charge on any atom is -0.349 e. The molecule has 2 heterocycles. The Hall–Kier alpha value is -2.57. The van der Waals surface area contributed by atoms with Gasteiger partial charge in [-0.05, 0) is 55.9 Å². The van der Waals surface area contributed by atoms with Crippen molar-refractivity contribution in [3.05, 3.63) is 29.3 Å². The van der Waals surface area contributed by atoms with Crippen LogP contribution in [0.4, 0.5) is 10.5 Å². The van der Waals surface area contributed by atoms with Crippen molar-refractivity contribution >= 4 is 23.5 Å². The molecule has 2 fully saturated rings. The number of nitrogens with one attached hydrogen (secondary N) is 2. The number of hydrogen-bond acceptors (Lipinski definition) is 3. The van der Waals surface area contributed by atoms with Crippen molar-refractivity contribution in [1.82, 2.24) is 15.5 Å². The molecule has 0 bridgehead atoms. The van der Waals surface area contributed by atoms with E-state index in [1.807, 2.05) is 17.0 Å². The third-order valence-electron chi connectivity index (χ3n) is 6.67. The second-order valence-electron chi connectivity index (χ2n) is 8.78. The fraction of sp³-hybridized carbons (Fsp3) is 0.609. The number of piperidine rings is 1. The summed E-state index contributed by atoms with van der Waals surface area (Å²) in [6, 6.07) is 6.01. The second-order valence-corrected chi connectivity index (χ2v) is 8.78. The number of carbonyl (C=O) groups is 3. The van der Waals surface area contributed by atoms with Crippen molar-refractivity contribution in [2.24, 2.45) is 0 Å². The fourth-order valence-electron chi connectivity index (χ4n) is 4.88. The lowest BCUT2D eigenvalue weighted by atomic mass is 9.95. The maximum absolute atomic E-state index is 12.7. The lowest BCUT2D eigenvalue weighted by Crippen LogP contribution is -2.51. The molecule has 2 N–H and O–H groups in total. The zero-order valence-corrected chi connectivity index (χ0v) is 17.8. The van der Waals surface area contributed by atoms with E-state index in [0.717, 1.165) is 43.4 Å². The van der Waals surface area contributed by atoms with Gasteiger partial charge in [0, 0.05) is 49.9 Å². The topological polar surface area (TPSA) is 81.8 Å². The molecule has 1 saturated carbocycles. The van der Waals surface area contributed by atoms with Gasteiger partial charge in [0.2, 0.25) is 5.91 Å². The van der Waals surface area contributed by atoms with Gasteiger partial charge in [0.1, 0.15) is 0 Å². The van der Waals surface area contributed by atoms with Crippen molar-refractivity contribution in [2.45, 2.75) is 70.4 Å². The molecule has 7 nitrogen and oxygen atoms in total. The zero-order chi connectivity index (χ0) is 21.1. The molecule has 0 radical (unpaired) electrons. The number of likely N-dealkylation sites (tertiary alicyclic amines) is 1. The van der Waals surface area contributed by atoms with E-state index in [4.69, 9.17) is 0 Å². The van der Waals surface area contributed by atoms with E-state index < -0.39 is 0 Å². The van der Waals surface area contributed by atoms with Gasteiger partial charge < -0.3 is 20.4 Å². The number of nitrogens with zero attached hydrogens (tertiary/aromatic N) is 2. The Balaban J connectivity index is 1.26. The van der Waals surface area contributed by atoms with Crippen LogP contribution >= 0.6 is 0 Å². The van der Waals surface area contributed by atoms with Gasteiger partial charge in [0.15, 0.2) is 0 Å². The van der Waals surface area contributed by atoms with Crippen LogP contribution in [-0.4, -0.2) is 54.5 Å². The molecule has 30 heavy (non-hydrogen) atoms. The van der Waals surface area contributed by atoms with Crippen LogP contribution in [0.1, 0.15) is 67.8 Å². The molecule has 4 amide bonds. The molecule has 0 aromatic heterocycles. The highest BCUT2D eigenvalue weighted by molar-refractivity contribution is 5.98. The van der Waals surface area contributed by atoms with Gasteiger partial charge in [0.25, 0.3) is 5.91 Å². The van der Waals surface area contributed by atoms with Crippen LogP contribution < -0.4 is 15.5 Å². The van der Waals surface area contributed by atoms with E-state index in [9.17, 15) is 14.4 Å². The van der Waals surface area contributed by atoms with E-state index in [1.165, 1.54) is 19.3 Å². The van der Waals surface area contributed by atoms with Gasteiger partial charge in [-0.1, -0.05) is 19.3 Å². The molecule has 2 aliphatic heterocycles. The maximum atomic E-state index is 12.7. The van der Waals surface area contributed by atoms with Crippen LogP contribution in [0.3, 0.4) is 0 Å². The first kappa shape index (κ1) is 20.7. The van der Waals surface area contributed by atoms with E-state index in [0.29, 0.717) is 31.2 Å². The minimum absolute atomic E-state index is 0.0326. The van der Waals surface area contributed by atoms with Gasteiger partial charge in [0.05, 0.1) is 0 Å². The van der Waals surface area contributed by atoms with Gasteiger partial charge in [-0.15, -0.1) is 0 Å². The summed E-state index contributed by atoms with van der Waals surface area (Å²) in [4.78, 5) is 40.5. The van der Waals surface area contributed by atoms with E-state index in [-0.39, 0.29) is 23.9 Å². The minimum atomic E-state index is -0.0795. The quantitative estimate of drug-likeness (QED) is 0.801. The van der Waals surface area contributed by atoms with Crippen molar-refractivity contribution in [3.63, 3.8) is 0 Å². The van der Waals surface area contributed by atoms with E-state index in [1.54, 1.807) is 17.9 Å². The molecule has 3 aliphatic rings. The van der Waals surface area contributed by atoms with Crippen molar-refractivity contribution < 1.29 is 14.4 Å².